The number of carboxylic acid groups (broad SMARTS) is 2. The van der Waals surface area contributed by atoms with E-state index in [4.69, 9.17) is 10.2 Å². The minimum absolute atomic E-state index is 0.0508. The fourth-order valence-corrected chi connectivity index (χ4v) is 1.85. The SMILES string of the molecule is Cc1ccc(C(=O)N(CCCC(=O)O)CCC(=O)O)cc1. The molecule has 0 aliphatic heterocycles. The van der Waals surface area contributed by atoms with Crippen molar-refractivity contribution in [3.05, 3.63) is 35.4 Å². The molecule has 6 nitrogen and oxygen atoms in total. The minimum Gasteiger partial charge on any atom is -0.481 e. The van der Waals surface area contributed by atoms with Crippen LogP contribution >= 0.6 is 0 Å². The molecule has 0 aliphatic rings. The van der Waals surface area contributed by atoms with Crippen LogP contribution in [0.2, 0.25) is 0 Å². The predicted octanol–water partition coefficient (Wildman–Crippen LogP) is 1.78. The molecule has 1 aromatic carbocycles. The van der Waals surface area contributed by atoms with Crippen LogP contribution in [0.1, 0.15) is 35.2 Å². The Labute approximate surface area is 123 Å². The van der Waals surface area contributed by atoms with E-state index in [0.29, 0.717) is 12.0 Å². The highest BCUT2D eigenvalue weighted by molar-refractivity contribution is 5.94. The van der Waals surface area contributed by atoms with Crippen LogP contribution in [0.5, 0.6) is 0 Å². The quantitative estimate of drug-likeness (QED) is 0.761. The van der Waals surface area contributed by atoms with Crippen LogP contribution in [0, 0.1) is 6.92 Å². The van der Waals surface area contributed by atoms with Crippen LogP contribution in [-0.2, 0) is 9.59 Å². The Kier molecular flexibility index (Phi) is 6.39. The predicted molar refractivity (Wildman–Crippen MR) is 76.2 cm³/mol. The van der Waals surface area contributed by atoms with Crippen molar-refractivity contribution >= 4 is 17.8 Å². The van der Waals surface area contributed by atoms with Crippen molar-refractivity contribution < 1.29 is 24.6 Å². The zero-order chi connectivity index (χ0) is 15.8. The van der Waals surface area contributed by atoms with Gasteiger partial charge in [-0.15, -0.1) is 0 Å². The van der Waals surface area contributed by atoms with Crippen molar-refractivity contribution in [2.75, 3.05) is 13.1 Å². The molecule has 0 unspecified atom stereocenters. The van der Waals surface area contributed by atoms with Crippen molar-refractivity contribution in [1.82, 2.24) is 4.90 Å². The summed E-state index contributed by atoms with van der Waals surface area (Å²) in [6.45, 7) is 2.21. The van der Waals surface area contributed by atoms with Crippen LogP contribution in [0.15, 0.2) is 24.3 Å². The van der Waals surface area contributed by atoms with Crippen LogP contribution < -0.4 is 0 Å². The summed E-state index contributed by atoms with van der Waals surface area (Å²) in [6, 6.07) is 6.98. The molecule has 0 heterocycles. The standard InChI is InChI=1S/C15H19NO5/c1-11-4-6-12(7-5-11)15(21)16(10-8-14(19)20)9-2-3-13(17)18/h4-7H,2-3,8-10H2,1H3,(H,17,18)(H,19,20). The van der Waals surface area contributed by atoms with E-state index in [1.165, 1.54) is 4.90 Å². The maximum Gasteiger partial charge on any atom is 0.305 e. The van der Waals surface area contributed by atoms with Gasteiger partial charge in [-0.3, -0.25) is 14.4 Å². The van der Waals surface area contributed by atoms with Crippen molar-refractivity contribution in [2.24, 2.45) is 0 Å². The Morgan fingerprint density at radius 2 is 1.52 bits per heavy atom. The third-order valence-electron chi connectivity index (χ3n) is 3.00. The fourth-order valence-electron chi connectivity index (χ4n) is 1.85. The van der Waals surface area contributed by atoms with Gasteiger partial charge in [0.1, 0.15) is 0 Å². The van der Waals surface area contributed by atoms with Crippen LogP contribution in [0.3, 0.4) is 0 Å². The second-order valence-electron chi connectivity index (χ2n) is 4.80. The summed E-state index contributed by atoms with van der Waals surface area (Å²) in [4.78, 5) is 34.9. The average molecular weight is 293 g/mol. The van der Waals surface area contributed by atoms with Gasteiger partial charge in [0.2, 0.25) is 0 Å². The van der Waals surface area contributed by atoms with Crippen molar-refractivity contribution in [2.45, 2.75) is 26.2 Å². The lowest BCUT2D eigenvalue weighted by atomic mass is 10.1. The van der Waals surface area contributed by atoms with E-state index < -0.39 is 11.9 Å². The second kappa shape index (κ2) is 8.04. The first-order valence-corrected chi connectivity index (χ1v) is 6.69. The highest BCUT2D eigenvalue weighted by Crippen LogP contribution is 2.09. The smallest absolute Gasteiger partial charge is 0.305 e. The molecule has 6 heteroatoms. The van der Waals surface area contributed by atoms with Crippen LogP contribution in [0.4, 0.5) is 0 Å². The molecule has 1 rings (SSSR count). The Morgan fingerprint density at radius 3 is 2.05 bits per heavy atom. The largest absolute Gasteiger partial charge is 0.481 e. The topological polar surface area (TPSA) is 94.9 Å². The summed E-state index contributed by atoms with van der Waals surface area (Å²) in [7, 11) is 0. The minimum atomic E-state index is -0.991. The normalized spacial score (nSPS) is 10.1. The van der Waals surface area contributed by atoms with Gasteiger partial charge in [0.05, 0.1) is 6.42 Å². The van der Waals surface area contributed by atoms with Gasteiger partial charge in [-0.1, -0.05) is 17.7 Å². The molecular weight excluding hydrogens is 274 g/mol. The number of hydrogen-bond donors (Lipinski definition) is 2. The van der Waals surface area contributed by atoms with E-state index in [2.05, 4.69) is 0 Å². The first-order valence-electron chi connectivity index (χ1n) is 6.69. The maximum atomic E-state index is 12.3. The Bertz CT molecular complexity index is 509. The maximum absolute atomic E-state index is 12.3. The molecule has 21 heavy (non-hydrogen) atoms. The number of carbonyl (C=O) groups is 3. The van der Waals surface area contributed by atoms with Crippen LogP contribution in [0.25, 0.3) is 0 Å². The van der Waals surface area contributed by atoms with E-state index >= 15 is 0 Å². The molecule has 0 atom stereocenters. The molecule has 0 bridgehead atoms. The first kappa shape index (κ1) is 16.7. The van der Waals surface area contributed by atoms with Gasteiger partial charge in [0.15, 0.2) is 0 Å². The molecule has 0 spiro atoms. The zero-order valence-electron chi connectivity index (χ0n) is 11.9. The van der Waals surface area contributed by atoms with Gasteiger partial charge in [-0.25, -0.2) is 0 Å². The van der Waals surface area contributed by atoms with E-state index in [1.54, 1.807) is 24.3 Å². The number of rotatable bonds is 8. The molecule has 0 saturated heterocycles. The molecule has 114 valence electrons. The lowest BCUT2D eigenvalue weighted by Gasteiger charge is -2.22. The summed E-state index contributed by atoms with van der Waals surface area (Å²) in [5.41, 5.74) is 1.50. The summed E-state index contributed by atoms with van der Waals surface area (Å²) in [6.07, 6.45) is 0.0853. The summed E-state index contributed by atoms with van der Waals surface area (Å²) >= 11 is 0. The van der Waals surface area contributed by atoms with E-state index in [0.717, 1.165) is 5.56 Å². The average Bonchev–Trinajstić information content (AvgIpc) is 2.42. The number of nitrogens with zero attached hydrogens (tertiary/aromatic N) is 1. The highest BCUT2D eigenvalue weighted by Gasteiger charge is 2.16. The van der Waals surface area contributed by atoms with Gasteiger partial charge in [-0.05, 0) is 25.5 Å². The molecular formula is C15H19NO5. The number of carboxylic acids is 2. The molecule has 1 amide bonds. The van der Waals surface area contributed by atoms with Crippen LogP contribution in [-0.4, -0.2) is 46.0 Å². The molecule has 1 aromatic rings. The van der Waals surface area contributed by atoms with E-state index in [9.17, 15) is 14.4 Å². The summed E-state index contributed by atoms with van der Waals surface area (Å²) in [5.74, 6) is -2.20. The van der Waals surface area contributed by atoms with Gasteiger partial charge in [-0.2, -0.15) is 0 Å². The molecule has 0 fully saturated rings. The third kappa shape index (κ3) is 6.07. The number of aliphatic carboxylic acids is 2. The number of aryl methyl sites for hydroxylation is 1. The second-order valence-corrected chi connectivity index (χ2v) is 4.80. The van der Waals surface area contributed by atoms with Gasteiger partial charge < -0.3 is 15.1 Å². The fraction of sp³-hybridized carbons (Fsp3) is 0.400. The molecule has 0 aliphatic carbocycles. The van der Waals surface area contributed by atoms with E-state index in [1.807, 2.05) is 6.92 Å². The monoisotopic (exact) mass is 293 g/mol. The lowest BCUT2D eigenvalue weighted by Crippen LogP contribution is -2.34. The first-order chi connectivity index (χ1) is 9.90. The Morgan fingerprint density at radius 1 is 0.952 bits per heavy atom. The Balaban J connectivity index is 2.73. The number of carbonyl (C=O) groups excluding carboxylic acids is 1. The molecule has 2 N–H and O–H groups in total. The zero-order valence-corrected chi connectivity index (χ0v) is 11.9. The van der Waals surface area contributed by atoms with Gasteiger partial charge in [0.25, 0.3) is 5.91 Å². The highest BCUT2D eigenvalue weighted by atomic mass is 16.4. The summed E-state index contributed by atoms with van der Waals surface area (Å²) in [5, 5.41) is 17.4. The number of hydrogen-bond acceptors (Lipinski definition) is 3. The molecule has 0 radical (unpaired) electrons. The van der Waals surface area contributed by atoms with Gasteiger partial charge in [0, 0.05) is 25.1 Å². The Hall–Kier alpha value is -2.37. The van der Waals surface area contributed by atoms with Crippen molar-refractivity contribution in [3.8, 4) is 0 Å². The van der Waals surface area contributed by atoms with E-state index in [-0.39, 0.29) is 31.8 Å². The third-order valence-corrected chi connectivity index (χ3v) is 3.00. The number of amides is 1. The molecule has 0 saturated carbocycles. The summed E-state index contributed by atoms with van der Waals surface area (Å²) < 4.78 is 0. The number of benzene rings is 1. The van der Waals surface area contributed by atoms with Crippen molar-refractivity contribution in [3.63, 3.8) is 0 Å². The lowest BCUT2D eigenvalue weighted by molar-refractivity contribution is -0.138. The van der Waals surface area contributed by atoms with Gasteiger partial charge >= 0.3 is 11.9 Å². The molecule has 0 aromatic heterocycles. The van der Waals surface area contributed by atoms with Crippen molar-refractivity contribution in [1.29, 1.82) is 0 Å².